The third-order valence-corrected chi connectivity index (χ3v) is 24.5. The number of nitriles is 6. The van der Waals surface area contributed by atoms with Crippen LogP contribution in [0.15, 0.2) is 316 Å². The molecule has 135 heavy (non-hydrogen) atoms. The molecule has 22 heteroatoms. The first-order valence-electron chi connectivity index (χ1n) is 46.7. The molecule has 6 saturated heterocycles. The van der Waals surface area contributed by atoms with Gasteiger partial charge in [0, 0.05) is 73.8 Å². The lowest BCUT2D eigenvalue weighted by Gasteiger charge is -2.37. The van der Waals surface area contributed by atoms with Crippen LogP contribution in [0.25, 0.3) is 0 Å². The van der Waals surface area contributed by atoms with Crippen LogP contribution >= 0.6 is 0 Å². The molecule has 7 aliphatic rings. The van der Waals surface area contributed by atoms with Gasteiger partial charge in [-0.05, 0) is 240 Å². The smallest absolute Gasteiger partial charge is 0.423 e. The van der Waals surface area contributed by atoms with Gasteiger partial charge in [-0.25, -0.2) is 4.98 Å². The Labute approximate surface area is 796 Å². The van der Waals surface area contributed by atoms with Crippen molar-refractivity contribution >= 4 is 53.4 Å². The summed E-state index contributed by atoms with van der Waals surface area (Å²) in [6.45, 7) is 8.40. The van der Waals surface area contributed by atoms with E-state index in [2.05, 4.69) is 184 Å². The number of pyridine rings is 2. The molecule has 4 unspecified atom stereocenters. The van der Waals surface area contributed by atoms with Gasteiger partial charge in [0.1, 0.15) is 18.0 Å². The Balaban J connectivity index is 0.000000157. The van der Waals surface area contributed by atoms with Gasteiger partial charge in [0.05, 0.1) is 87.9 Å². The zero-order chi connectivity index (χ0) is 95.7. The zero-order valence-electron chi connectivity index (χ0n) is 77.5. The lowest BCUT2D eigenvalue weighted by atomic mass is 9.80. The highest BCUT2D eigenvalue weighted by atomic mass is 16.4. The Hall–Kier alpha value is -15.0. The van der Waals surface area contributed by atoms with Gasteiger partial charge in [-0.15, -0.1) is 0 Å². The minimum atomic E-state index is -1.46. The van der Waals surface area contributed by atoms with Crippen molar-refractivity contribution in [3.63, 3.8) is 0 Å². The van der Waals surface area contributed by atoms with Crippen molar-refractivity contribution in [3.05, 3.63) is 394 Å². The molecule has 8 heterocycles. The van der Waals surface area contributed by atoms with Gasteiger partial charge in [-0.3, -0.25) is 24.2 Å². The van der Waals surface area contributed by atoms with E-state index in [1.165, 1.54) is 123 Å². The van der Waals surface area contributed by atoms with Gasteiger partial charge in [-0.1, -0.05) is 244 Å². The maximum Gasteiger partial charge on any atom is 0.488 e. The molecule has 0 bridgehead atoms. The van der Waals surface area contributed by atoms with Crippen LogP contribution in [0, 0.1) is 87.8 Å². The number of benzene rings is 10. The Morgan fingerprint density at radius 1 is 0.378 bits per heavy atom. The summed E-state index contributed by atoms with van der Waals surface area (Å²) in [5, 5.41) is 81.8. The molecule has 0 spiro atoms. The van der Waals surface area contributed by atoms with Crippen LogP contribution in [0.1, 0.15) is 243 Å². The Kier molecular flexibility index (Phi) is 42.4. The van der Waals surface area contributed by atoms with E-state index in [4.69, 9.17) is 41.6 Å². The van der Waals surface area contributed by atoms with E-state index in [-0.39, 0.29) is 47.8 Å². The molecule has 8 atom stereocenters. The van der Waals surface area contributed by atoms with Crippen LogP contribution in [-0.2, 0) is 19.2 Å². The quantitative estimate of drug-likeness (QED) is 0.0619. The summed E-state index contributed by atoms with van der Waals surface area (Å²) < 4.78 is 0. The third kappa shape index (κ3) is 32.8. The zero-order valence-corrected chi connectivity index (χ0v) is 77.5. The normalized spacial score (nSPS) is 18.6. The highest BCUT2D eigenvalue weighted by Crippen LogP contribution is 2.40. The van der Waals surface area contributed by atoms with Crippen molar-refractivity contribution in [2.24, 2.45) is 5.92 Å². The van der Waals surface area contributed by atoms with Crippen LogP contribution in [0.2, 0.25) is 0 Å². The standard InChI is InChI=1S/C17H17N3.2C17H14N2O.C11H15N.2C10H11NO.C9H19N.C8H7N.C7H6BNO2.C7H6N2/c18-12-14-9-10-17(19-13-14)20-11-5-4-8-16(20)15-6-2-1-3-7-15;2*18-12-13-6-8-15(9-7-13)19-16(10-11-17(19)20)14-4-2-1-3-5-14;1-2-6-10(7-3-1)11-8-4-5-9-12-11;2*12-10-7-6-9(11-10)8-4-2-1-3-5-8;1-3-8-6-4-5-7-9(8)10-2;1-7-2-4-8(6-9)5-3-7;9-5-6-1-3-7(4-2-6)8(10)11;1-6-2-3-7(4-8)5-9-6/h1-3,6-7,9-10,13,16H,4-5,8,11H2;2*1-9,16H,10-11H2;1-3,6-7,11-12H,4-5,8-9H2;2*1-5,9H,6-7H2,(H,11,12);8-10H,3-7H2,1-2H3;2-5H,1H3;1-4,10-11H;2-3,5H,1H3/t16-;;;11-;;;8-,9-;;;/m0..0..1.../s1. The number of carbonyl (C=O) groups excluding carboxylic acids is 4. The molecule has 21 nitrogen and oxygen atoms in total. The molecular formula is C113H120BN15O6. The minimum absolute atomic E-state index is 0.0941. The number of amides is 4. The van der Waals surface area contributed by atoms with Crippen LogP contribution in [0.3, 0.4) is 0 Å². The molecule has 1 aliphatic carbocycles. The van der Waals surface area contributed by atoms with E-state index in [0.29, 0.717) is 71.0 Å². The molecule has 686 valence electrons. The number of hydrogen-bond donors (Lipinski definition) is 6. The van der Waals surface area contributed by atoms with E-state index < -0.39 is 7.12 Å². The maximum atomic E-state index is 12.2. The first-order valence-corrected chi connectivity index (χ1v) is 46.7. The van der Waals surface area contributed by atoms with Crippen LogP contribution in [0.4, 0.5) is 17.2 Å². The molecular weight excluding hydrogens is 1670 g/mol. The number of anilines is 3. The van der Waals surface area contributed by atoms with E-state index >= 15 is 0 Å². The highest BCUT2D eigenvalue weighted by molar-refractivity contribution is 6.58. The van der Waals surface area contributed by atoms with Crippen molar-refractivity contribution in [1.82, 2.24) is 31.2 Å². The molecule has 0 radical (unpaired) electrons. The van der Waals surface area contributed by atoms with Crippen molar-refractivity contribution in [2.45, 2.75) is 185 Å². The average Bonchev–Trinajstić information content (AvgIpc) is 1.55. The van der Waals surface area contributed by atoms with Gasteiger partial charge in [-0.2, -0.15) is 31.6 Å². The Morgan fingerprint density at radius 2 is 0.748 bits per heavy atom. The van der Waals surface area contributed by atoms with Crippen molar-refractivity contribution < 1.29 is 29.2 Å². The first kappa shape index (κ1) is 102. The number of nitrogens with zero attached hydrogens (tertiary/aromatic N) is 11. The molecule has 6 N–H and O–H groups in total. The summed E-state index contributed by atoms with van der Waals surface area (Å²) in [6, 6.07) is 112. The molecule has 7 fully saturated rings. The molecule has 1 saturated carbocycles. The summed E-state index contributed by atoms with van der Waals surface area (Å²) in [5.41, 5.74) is 15.4. The number of aryl methyl sites for hydroxylation is 2. The fourth-order valence-corrected chi connectivity index (χ4v) is 17.1. The van der Waals surface area contributed by atoms with Gasteiger partial charge < -0.3 is 46.0 Å². The molecule has 10 aromatic carbocycles. The van der Waals surface area contributed by atoms with Gasteiger partial charge in [0.25, 0.3) is 0 Å². The fourth-order valence-electron chi connectivity index (χ4n) is 17.1. The molecule has 4 amide bonds. The van der Waals surface area contributed by atoms with Crippen molar-refractivity contribution in [2.75, 3.05) is 34.8 Å². The van der Waals surface area contributed by atoms with Gasteiger partial charge in [0.2, 0.25) is 23.6 Å². The number of rotatable bonds is 12. The molecule has 6 aliphatic heterocycles. The molecule has 12 aromatic rings. The number of aromatic nitrogens is 2. The SMILES string of the molecule is CC[C@@H]1CCCC[C@H]1NC.Cc1ccc(C#N)cc1.Cc1ccc(C#N)cn1.N#Cc1ccc(B(O)O)cc1.N#Cc1ccc(N2C(=O)CCC2c2ccccc2)cc1.N#Cc1ccc(N2C(=O)CCC2c2ccccc2)cc1.N#Cc1ccc(N2CCCC[C@H]2c2ccccc2)nc1.O=C1CCC(c2ccccc2)N1.O=C1CCC(c2ccccc2)N1.c1ccc([C@@H]2CCCCN2)cc1. The lowest BCUT2D eigenvalue weighted by Crippen LogP contribution is -2.35. The summed E-state index contributed by atoms with van der Waals surface area (Å²) >= 11 is 0. The van der Waals surface area contributed by atoms with E-state index in [1.54, 1.807) is 42.7 Å². The number of piperidine rings is 2. The van der Waals surface area contributed by atoms with Crippen LogP contribution < -0.4 is 41.4 Å². The summed E-state index contributed by atoms with van der Waals surface area (Å²) in [4.78, 5) is 60.6. The van der Waals surface area contributed by atoms with Gasteiger partial charge >= 0.3 is 7.12 Å². The predicted molar refractivity (Wildman–Crippen MR) is 533 cm³/mol. The number of hydrogen-bond acceptors (Lipinski definition) is 17. The lowest BCUT2D eigenvalue weighted by molar-refractivity contribution is -0.120. The van der Waals surface area contributed by atoms with Crippen molar-refractivity contribution in [1.29, 1.82) is 31.6 Å². The fraction of sp³-hybridized carbons (Fsp3) is 0.292. The first-order chi connectivity index (χ1) is 65.9. The van der Waals surface area contributed by atoms with Crippen LogP contribution in [-0.4, -0.2) is 76.9 Å². The highest BCUT2D eigenvalue weighted by Gasteiger charge is 2.35. The second-order valence-electron chi connectivity index (χ2n) is 33.7. The Morgan fingerprint density at radius 3 is 1.10 bits per heavy atom. The molecule has 2 aromatic heterocycles. The minimum Gasteiger partial charge on any atom is -0.423 e. The van der Waals surface area contributed by atoms with E-state index in [0.717, 1.165) is 90.2 Å². The van der Waals surface area contributed by atoms with E-state index in [1.807, 2.05) is 175 Å². The second-order valence-corrected chi connectivity index (χ2v) is 33.7. The maximum absolute atomic E-state index is 12.2. The van der Waals surface area contributed by atoms with Crippen molar-refractivity contribution in [3.8, 4) is 36.4 Å². The monoisotopic (exact) mass is 1790 g/mol. The second kappa shape index (κ2) is 56.0. The topological polar surface area (TPSA) is 335 Å². The molecule has 19 rings (SSSR count). The average molecular weight is 1800 g/mol. The summed E-state index contributed by atoms with van der Waals surface area (Å²) in [7, 11) is 0.640. The Bertz CT molecular complexity index is 5600. The summed E-state index contributed by atoms with van der Waals surface area (Å²) in [6.07, 6.45) is 23.9. The summed E-state index contributed by atoms with van der Waals surface area (Å²) in [5.74, 6) is 2.55. The van der Waals surface area contributed by atoms with Gasteiger partial charge in [0.15, 0.2) is 0 Å². The number of nitrogens with one attached hydrogen (secondary N) is 4. The third-order valence-electron chi connectivity index (χ3n) is 24.5. The number of carbonyl (C=O) groups is 4. The predicted octanol–water partition coefficient (Wildman–Crippen LogP) is 20.9. The largest absolute Gasteiger partial charge is 0.488 e. The van der Waals surface area contributed by atoms with Crippen LogP contribution in [0.5, 0.6) is 0 Å². The van der Waals surface area contributed by atoms with E-state index in [9.17, 15) is 19.2 Å².